The SMILES string of the molecule is CCCCCCCCn1c(=O)c(OC(C)=O)c(OCC=C(C)C)c2ccc(N)cc21. The number of hydrogen-bond acceptors (Lipinski definition) is 5. The first-order valence-electron chi connectivity index (χ1n) is 10.8. The highest BCUT2D eigenvalue weighted by molar-refractivity contribution is 5.90. The predicted molar refractivity (Wildman–Crippen MR) is 122 cm³/mol. The van der Waals surface area contributed by atoms with E-state index in [1.54, 1.807) is 16.7 Å². The van der Waals surface area contributed by atoms with Crippen molar-refractivity contribution in [1.29, 1.82) is 0 Å². The van der Waals surface area contributed by atoms with Gasteiger partial charge < -0.3 is 19.8 Å². The summed E-state index contributed by atoms with van der Waals surface area (Å²) < 4.78 is 12.9. The Morgan fingerprint density at radius 2 is 1.77 bits per heavy atom. The second kappa shape index (κ2) is 11.4. The van der Waals surface area contributed by atoms with Crippen LogP contribution in [0.5, 0.6) is 11.5 Å². The van der Waals surface area contributed by atoms with E-state index in [0.29, 0.717) is 23.1 Å². The molecular weight excluding hydrogens is 380 g/mol. The topological polar surface area (TPSA) is 83.5 Å². The minimum Gasteiger partial charge on any atom is -0.485 e. The van der Waals surface area contributed by atoms with Crippen molar-refractivity contribution >= 4 is 22.6 Å². The van der Waals surface area contributed by atoms with E-state index in [1.165, 1.54) is 26.2 Å². The lowest BCUT2D eigenvalue weighted by Crippen LogP contribution is -2.25. The van der Waals surface area contributed by atoms with Crippen molar-refractivity contribution < 1.29 is 14.3 Å². The van der Waals surface area contributed by atoms with Gasteiger partial charge in [0, 0.05) is 24.5 Å². The van der Waals surface area contributed by atoms with Crippen molar-refractivity contribution in [1.82, 2.24) is 4.57 Å². The monoisotopic (exact) mass is 414 g/mol. The number of nitrogens with zero attached hydrogens (tertiary/aromatic N) is 1. The number of carbonyl (C=O) groups excluding carboxylic acids is 1. The van der Waals surface area contributed by atoms with Crippen molar-refractivity contribution in [3.05, 3.63) is 40.2 Å². The van der Waals surface area contributed by atoms with Crippen molar-refractivity contribution in [2.75, 3.05) is 12.3 Å². The summed E-state index contributed by atoms with van der Waals surface area (Å²) in [5, 5.41) is 0.702. The van der Waals surface area contributed by atoms with Gasteiger partial charge in [0.05, 0.1) is 5.52 Å². The molecule has 2 N–H and O–H groups in total. The maximum Gasteiger partial charge on any atom is 0.308 e. The van der Waals surface area contributed by atoms with Gasteiger partial charge in [-0.2, -0.15) is 0 Å². The predicted octanol–water partition coefficient (Wildman–Crippen LogP) is 5.21. The summed E-state index contributed by atoms with van der Waals surface area (Å²) in [6.45, 7) is 8.21. The van der Waals surface area contributed by atoms with Crippen molar-refractivity contribution in [3.8, 4) is 11.5 Å². The first kappa shape index (κ1) is 23.5. The smallest absolute Gasteiger partial charge is 0.308 e. The van der Waals surface area contributed by atoms with Crippen LogP contribution in [0.3, 0.4) is 0 Å². The lowest BCUT2D eigenvalue weighted by molar-refractivity contribution is -0.132. The number of fused-ring (bicyclic) bond motifs is 1. The number of aryl methyl sites for hydroxylation is 1. The van der Waals surface area contributed by atoms with Gasteiger partial charge in [-0.15, -0.1) is 0 Å². The second-order valence-corrected chi connectivity index (χ2v) is 7.85. The van der Waals surface area contributed by atoms with E-state index < -0.39 is 5.97 Å². The Morgan fingerprint density at radius 3 is 2.43 bits per heavy atom. The summed E-state index contributed by atoms with van der Waals surface area (Å²) in [6.07, 6.45) is 8.58. The Bertz CT molecular complexity index is 956. The molecule has 0 aliphatic rings. The summed E-state index contributed by atoms with van der Waals surface area (Å²) in [4.78, 5) is 25.0. The fourth-order valence-electron chi connectivity index (χ4n) is 3.36. The molecule has 0 saturated carbocycles. The molecule has 0 amide bonds. The number of carbonyl (C=O) groups is 1. The zero-order valence-corrected chi connectivity index (χ0v) is 18.6. The third kappa shape index (κ3) is 6.37. The Hall–Kier alpha value is -2.76. The summed E-state index contributed by atoms with van der Waals surface area (Å²) in [5.41, 5.74) is 7.99. The van der Waals surface area contributed by atoms with E-state index in [2.05, 4.69) is 6.92 Å². The van der Waals surface area contributed by atoms with Crippen LogP contribution in [0.1, 0.15) is 66.2 Å². The van der Waals surface area contributed by atoms with Crippen molar-refractivity contribution in [2.45, 2.75) is 72.8 Å². The molecule has 0 spiro atoms. The minimum atomic E-state index is -0.555. The molecule has 1 aromatic heterocycles. The van der Waals surface area contributed by atoms with Gasteiger partial charge in [0.1, 0.15) is 6.61 Å². The number of nitrogens with two attached hydrogens (primary N) is 1. The third-order valence-corrected chi connectivity index (χ3v) is 4.90. The molecule has 0 fully saturated rings. The number of ether oxygens (including phenoxy) is 2. The molecule has 0 atom stereocenters. The van der Waals surface area contributed by atoms with E-state index in [-0.39, 0.29) is 23.7 Å². The van der Waals surface area contributed by atoms with Crippen LogP contribution in [-0.4, -0.2) is 17.1 Å². The maximum absolute atomic E-state index is 13.3. The maximum atomic E-state index is 13.3. The van der Waals surface area contributed by atoms with E-state index in [9.17, 15) is 9.59 Å². The average molecular weight is 415 g/mol. The molecule has 1 aromatic carbocycles. The number of esters is 1. The molecule has 164 valence electrons. The van der Waals surface area contributed by atoms with Gasteiger partial charge in [0.25, 0.3) is 5.56 Å². The molecule has 0 unspecified atom stereocenters. The zero-order valence-electron chi connectivity index (χ0n) is 18.6. The summed E-state index contributed by atoms with van der Waals surface area (Å²) in [7, 11) is 0. The van der Waals surface area contributed by atoms with Crippen molar-refractivity contribution in [2.24, 2.45) is 0 Å². The molecular formula is C24H34N2O4. The summed E-state index contributed by atoms with van der Waals surface area (Å²) >= 11 is 0. The molecule has 1 heterocycles. The Balaban J connectivity index is 2.48. The highest BCUT2D eigenvalue weighted by atomic mass is 16.6. The standard InChI is InChI=1S/C24H34N2O4/c1-5-6-7-8-9-10-14-26-21-16-19(25)11-12-20(21)22(29-15-13-17(2)3)23(24(26)28)30-18(4)27/h11-13,16H,5-10,14-15,25H2,1-4H3. The fraction of sp³-hybridized carbons (Fsp3) is 0.500. The number of rotatable bonds is 11. The van der Waals surface area contributed by atoms with Gasteiger partial charge in [-0.05, 0) is 44.5 Å². The van der Waals surface area contributed by atoms with Gasteiger partial charge in [0.15, 0.2) is 5.75 Å². The van der Waals surface area contributed by atoms with E-state index >= 15 is 0 Å². The molecule has 2 rings (SSSR count). The fourth-order valence-corrected chi connectivity index (χ4v) is 3.36. The van der Waals surface area contributed by atoms with Crippen LogP contribution in [0.25, 0.3) is 10.9 Å². The molecule has 0 bridgehead atoms. The molecule has 0 aliphatic heterocycles. The van der Waals surface area contributed by atoms with Crippen molar-refractivity contribution in [3.63, 3.8) is 0 Å². The Labute approximate surface area is 178 Å². The van der Waals surface area contributed by atoms with Crippen LogP contribution in [0.2, 0.25) is 0 Å². The van der Waals surface area contributed by atoms with Crippen LogP contribution in [0.15, 0.2) is 34.6 Å². The first-order valence-corrected chi connectivity index (χ1v) is 10.8. The van der Waals surface area contributed by atoms with Gasteiger partial charge >= 0.3 is 5.97 Å². The normalized spacial score (nSPS) is 10.8. The highest BCUT2D eigenvalue weighted by Gasteiger charge is 2.21. The first-order chi connectivity index (χ1) is 14.3. The number of unbranched alkanes of at least 4 members (excludes halogenated alkanes) is 5. The molecule has 0 radical (unpaired) electrons. The van der Waals surface area contributed by atoms with Crippen LogP contribution in [0.4, 0.5) is 5.69 Å². The Morgan fingerprint density at radius 1 is 1.07 bits per heavy atom. The number of aromatic nitrogens is 1. The molecule has 0 aliphatic carbocycles. The third-order valence-electron chi connectivity index (χ3n) is 4.90. The number of nitrogen functional groups attached to an aromatic ring is 1. The molecule has 30 heavy (non-hydrogen) atoms. The van der Waals surface area contributed by atoms with Crippen LogP contribution in [-0.2, 0) is 11.3 Å². The summed E-state index contributed by atoms with van der Waals surface area (Å²) in [6, 6.07) is 5.35. The quantitative estimate of drug-likeness (QED) is 0.236. The highest BCUT2D eigenvalue weighted by Crippen LogP contribution is 2.34. The number of pyridine rings is 1. The van der Waals surface area contributed by atoms with E-state index in [4.69, 9.17) is 15.2 Å². The molecule has 6 heteroatoms. The Kier molecular flexibility index (Phi) is 8.96. The average Bonchev–Trinajstić information content (AvgIpc) is 2.68. The second-order valence-electron chi connectivity index (χ2n) is 7.85. The number of allylic oxidation sites excluding steroid dienone is 1. The summed E-state index contributed by atoms with van der Waals surface area (Å²) in [5.74, 6) is -0.338. The van der Waals surface area contributed by atoms with Gasteiger partial charge in [-0.3, -0.25) is 9.59 Å². The lowest BCUT2D eigenvalue weighted by atomic mass is 10.1. The number of benzene rings is 1. The zero-order chi connectivity index (χ0) is 22.1. The van der Waals surface area contributed by atoms with E-state index in [1.807, 2.05) is 26.0 Å². The van der Waals surface area contributed by atoms with E-state index in [0.717, 1.165) is 24.8 Å². The molecule has 0 saturated heterocycles. The number of anilines is 1. The van der Waals surface area contributed by atoms with Gasteiger partial charge in [-0.1, -0.05) is 44.6 Å². The molecule has 6 nitrogen and oxygen atoms in total. The lowest BCUT2D eigenvalue weighted by Gasteiger charge is -2.18. The number of hydrogen-bond donors (Lipinski definition) is 1. The largest absolute Gasteiger partial charge is 0.485 e. The molecule has 2 aromatic rings. The van der Waals surface area contributed by atoms with Crippen LogP contribution in [0, 0.1) is 0 Å². The van der Waals surface area contributed by atoms with Crippen LogP contribution >= 0.6 is 0 Å². The van der Waals surface area contributed by atoms with Crippen LogP contribution < -0.4 is 20.8 Å². The van der Waals surface area contributed by atoms with Gasteiger partial charge in [-0.25, -0.2) is 0 Å². The minimum absolute atomic E-state index is 0.0621. The van der Waals surface area contributed by atoms with Gasteiger partial charge in [0.2, 0.25) is 5.75 Å².